The summed E-state index contributed by atoms with van der Waals surface area (Å²) in [5.74, 6) is -0.00362. The minimum Gasteiger partial charge on any atom is -0.321 e. The number of fused-ring (bicyclic) bond motifs is 1. The lowest BCUT2D eigenvalue weighted by Gasteiger charge is -2.31. The molecule has 1 heterocycles. The van der Waals surface area contributed by atoms with Crippen molar-refractivity contribution in [2.45, 2.75) is 0 Å². The second-order valence-electron chi connectivity index (χ2n) is 7.03. The summed E-state index contributed by atoms with van der Waals surface area (Å²) < 4.78 is 0. The number of carbonyl (C=O) groups excluding carboxylic acids is 1. The number of benzene rings is 4. The number of hydrogen-bond donors (Lipinski definition) is 1. The van der Waals surface area contributed by atoms with E-state index in [0.29, 0.717) is 0 Å². The predicted molar refractivity (Wildman–Crippen MR) is 124 cm³/mol. The maximum absolute atomic E-state index is 13.5. The molecule has 0 saturated heterocycles. The van der Waals surface area contributed by atoms with Gasteiger partial charge >= 0.3 is 0 Å². The first kappa shape index (κ1) is 17.7. The molecule has 0 bridgehead atoms. The van der Waals surface area contributed by atoms with Gasteiger partial charge in [0, 0.05) is 11.3 Å². The van der Waals surface area contributed by atoms with E-state index in [2.05, 4.69) is 84.2 Å². The Morgan fingerprint density at radius 3 is 1.41 bits per heavy atom. The zero-order valence-electron chi connectivity index (χ0n) is 15.8. The topological polar surface area (TPSA) is 29.1 Å². The zero-order valence-corrected chi connectivity index (χ0v) is 16.7. The molecule has 5 rings (SSSR count). The first-order valence-electron chi connectivity index (χ1n) is 9.66. The van der Waals surface area contributed by atoms with Crippen molar-refractivity contribution in [2.24, 2.45) is 0 Å². The second kappa shape index (κ2) is 7.24. The molecule has 29 heavy (non-hydrogen) atoms. The van der Waals surface area contributed by atoms with Crippen LogP contribution in [-0.2, 0) is 4.79 Å². The van der Waals surface area contributed by atoms with E-state index in [4.69, 9.17) is 0 Å². The van der Waals surface area contributed by atoms with Gasteiger partial charge in [-0.2, -0.15) is 0 Å². The highest BCUT2D eigenvalue weighted by atomic mass is 31.2. The summed E-state index contributed by atoms with van der Waals surface area (Å²) in [6, 6.07) is 39.5. The van der Waals surface area contributed by atoms with Gasteiger partial charge in [-0.05, 0) is 28.9 Å². The fraction of sp³-hybridized carbons (Fsp3) is 0. The van der Waals surface area contributed by atoms with Crippen LogP contribution in [0.1, 0.15) is 5.56 Å². The van der Waals surface area contributed by atoms with E-state index in [9.17, 15) is 4.79 Å². The molecule has 0 radical (unpaired) electrons. The summed E-state index contributed by atoms with van der Waals surface area (Å²) in [4.78, 5) is 13.5. The highest BCUT2D eigenvalue weighted by molar-refractivity contribution is 7.97. The standard InChI is InChI=1S/C26H20NOP/c28-26-25(23-18-10-11-19-24(23)27-26)29(20-12-4-1-5-13-20,21-14-6-2-7-15-21)22-16-8-3-9-17-22/h1-19H,(H,27,28). The lowest BCUT2D eigenvalue weighted by atomic mass is 10.2. The largest absolute Gasteiger partial charge is 0.321 e. The highest BCUT2D eigenvalue weighted by Crippen LogP contribution is 2.49. The molecular weight excluding hydrogens is 373 g/mol. The fourth-order valence-electron chi connectivity index (χ4n) is 4.22. The van der Waals surface area contributed by atoms with Gasteiger partial charge in [0.25, 0.3) is 5.91 Å². The maximum Gasteiger partial charge on any atom is 0.257 e. The average molecular weight is 393 g/mol. The van der Waals surface area contributed by atoms with Crippen LogP contribution in [0.3, 0.4) is 0 Å². The number of anilines is 1. The molecule has 4 aromatic carbocycles. The molecule has 4 aromatic rings. The van der Waals surface area contributed by atoms with E-state index < -0.39 is 6.89 Å². The normalized spacial score (nSPS) is 13.1. The van der Waals surface area contributed by atoms with Crippen molar-refractivity contribution in [1.29, 1.82) is 0 Å². The van der Waals surface area contributed by atoms with Crippen molar-refractivity contribution in [3.8, 4) is 0 Å². The Labute approximate surface area is 170 Å². The monoisotopic (exact) mass is 393 g/mol. The molecule has 0 aliphatic carbocycles. The molecule has 0 unspecified atom stereocenters. The SMILES string of the molecule is O=C1Nc2ccccc2C1=P(c1ccccc1)(c1ccccc1)c1ccccc1. The van der Waals surface area contributed by atoms with Crippen LogP contribution in [0.4, 0.5) is 5.69 Å². The van der Waals surface area contributed by atoms with E-state index in [0.717, 1.165) is 16.5 Å². The second-order valence-corrected chi connectivity index (χ2v) is 10.4. The van der Waals surface area contributed by atoms with Crippen LogP contribution >= 0.6 is 6.89 Å². The number of carbonyl (C=O) groups is 1. The number of nitrogens with one attached hydrogen (secondary N) is 1. The smallest absolute Gasteiger partial charge is 0.257 e. The third-order valence-electron chi connectivity index (χ3n) is 5.41. The molecule has 3 heteroatoms. The van der Waals surface area contributed by atoms with Gasteiger partial charge in [-0.1, -0.05) is 109 Å². The number of hydrogen-bond acceptors (Lipinski definition) is 1. The van der Waals surface area contributed by atoms with Crippen molar-refractivity contribution in [3.05, 3.63) is 121 Å². The van der Waals surface area contributed by atoms with E-state index >= 15 is 0 Å². The van der Waals surface area contributed by atoms with Crippen LogP contribution in [0.5, 0.6) is 0 Å². The van der Waals surface area contributed by atoms with Crippen molar-refractivity contribution in [2.75, 3.05) is 5.32 Å². The van der Waals surface area contributed by atoms with Gasteiger partial charge in [0.15, 0.2) is 0 Å². The number of amides is 1. The van der Waals surface area contributed by atoms with Gasteiger partial charge in [0.2, 0.25) is 0 Å². The summed E-state index contributed by atoms with van der Waals surface area (Å²) >= 11 is 0. The Morgan fingerprint density at radius 1 is 0.517 bits per heavy atom. The van der Waals surface area contributed by atoms with Gasteiger partial charge in [0.1, 0.15) is 0 Å². The Morgan fingerprint density at radius 2 is 0.931 bits per heavy atom. The van der Waals surface area contributed by atoms with Crippen LogP contribution in [0.25, 0.3) is 0 Å². The van der Waals surface area contributed by atoms with Crippen LogP contribution in [0.15, 0.2) is 115 Å². The summed E-state index contributed by atoms with van der Waals surface area (Å²) in [5.41, 5.74) is 1.89. The Balaban J connectivity index is 2.05. The van der Waals surface area contributed by atoms with E-state index in [1.165, 1.54) is 15.9 Å². The molecule has 140 valence electrons. The van der Waals surface area contributed by atoms with Crippen molar-refractivity contribution in [1.82, 2.24) is 0 Å². The minimum atomic E-state index is -2.38. The van der Waals surface area contributed by atoms with Crippen LogP contribution in [0, 0.1) is 0 Å². The lowest BCUT2D eigenvalue weighted by Crippen LogP contribution is -2.33. The lowest BCUT2D eigenvalue weighted by molar-refractivity contribution is -0.109. The Bertz CT molecular complexity index is 1130. The van der Waals surface area contributed by atoms with Gasteiger partial charge in [-0.3, -0.25) is 4.79 Å². The Hall–Kier alpha value is -3.35. The van der Waals surface area contributed by atoms with E-state index in [1.54, 1.807) is 0 Å². The molecule has 2 nitrogen and oxygen atoms in total. The van der Waals surface area contributed by atoms with Gasteiger partial charge < -0.3 is 5.32 Å². The third-order valence-corrected chi connectivity index (χ3v) is 9.74. The highest BCUT2D eigenvalue weighted by Gasteiger charge is 2.37. The van der Waals surface area contributed by atoms with Gasteiger partial charge in [-0.15, -0.1) is 0 Å². The molecule has 1 aliphatic rings. The molecular formula is C26H20NOP. The van der Waals surface area contributed by atoms with Gasteiger partial charge in [-0.25, -0.2) is 0 Å². The first-order valence-corrected chi connectivity index (χ1v) is 11.4. The predicted octanol–water partition coefficient (Wildman–Crippen LogP) is 4.15. The molecule has 1 amide bonds. The molecule has 0 fully saturated rings. The zero-order chi connectivity index (χ0) is 19.7. The van der Waals surface area contributed by atoms with E-state index in [1.807, 2.05) is 36.4 Å². The first-order chi connectivity index (χ1) is 14.3. The molecule has 1 N–H and O–H groups in total. The summed E-state index contributed by atoms with van der Waals surface area (Å²) in [6.07, 6.45) is 0. The Kier molecular flexibility index (Phi) is 4.42. The quantitative estimate of drug-likeness (QED) is 0.521. The fourth-order valence-corrected chi connectivity index (χ4v) is 8.67. The average Bonchev–Trinajstić information content (AvgIpc) is 3.13. The van der Waals surface area contributed by atoms with Crippen molar-refractivity contribution in [3.63, 3.8) is 0 Å². The molecule has 0 spiro atoms. The minimum absolute atomic E-state index is 0.00362. The van der Waals surface area contributed by atoms with Crippen LogP contribution in [-0.4, -0.2) is 11.2 Å². The van der Waals surface area contributed by atoms with Crippen molar-refractivity contribution < 1.29 is 4.79 Å². The molecule has 0 atom stereocenters. The molecule has 0 saturated carbocycles. The van der Waals surface area contributed by atoms with Crippen LogP contribution < -0.4 is 21.2 Å². The molecule has 0 aromatic heterocycles. The number of para-hydroxylation sites is 1. The summed E-state index contributed by atoms with van der Waals surface area (Å²) in [7, 11) is 0. The summed E-state index contributed by atoms with van der Waals surface area (Å²) in [6.45, 7) is -2.38. The third kappa shape index (κ3) is 2.76. The van der Waals surface area contributed by atoms with Gasteiger partial charge in [0.05, 0.1) is 5.29 Å². The van der Waals surface area contributed by atoms with Crippen LogP contribution in [0.2, 0.25) is 0 Å². The number of rotatable bonds is 3. The van der Waals surface area contributed by atoms with Crippen molar-refractivity contribution >= 4 is 39.7 Å². The summed E-state index contributed by atoms with van der Waals surface area (Å²) in [5, 5.41) is 7.53. The maximum atomic E-state index is 13.5. The van der Waals surface area contributed by atoms with E-state index in [-0.39, 0.29) is 5.91 Å². The molecule has 1 aliphatic heterocycles.